The summed E-state index contributed by atoms with van der Waals surface area (Å²) < 4.78 is 1.71. The molecule has 1 aromatic carbocycles. The third kappa shape index (κ3) is 3.98. The lowest BCUT2D eigenvalue weighted by Crippen LogP contribution is -2.26. The van der Waals surface area contributed by atoms with Crippen molar-refractivity contribution >= 4 is 44.9 Å². The summed E-state index contributed by atoms with van der Waals surface area (Å²) in [6.45, 7) is 6.36. The number of nitrogens with one attached hydrogen (secondary N) is 1. The fourth-order valence-electron chi connectivity index (χ4n) is 3.68. The van der Waals surface area contributed by atoms with Crippen LogP contribution in [0.1, 0.15) is 42.7 Å². The maximum absolute atomic E-state index is 13.2. The Morgan fingerprint density at radius 2 is 2.00 bits per heavy atom. The maximum Gasteiger partial charge on any atom is 0.263 e. The van der Waals surface area contributed by atoms with Crippen LogP contribution in [0, 0.1) is 6.92 Å². The molecule has 1 aliphatic rings. The number of amides is 1. The number of anilines is 1. The van der Waals surface area contributed by atoms with Gasteiger partial charge in [-0.15, -0.1) is 11.3 Å². The lowest BCUT2D eigenvalue weighted by molar-refractivity contribution is -0.115. The predicted molar refractivity (Wildman–Crippen MR) is 121 cm³/mol. The summed E-state index contributed by atoms with van der Waals surface area (Å²) in [5.41, 5.74) is 3.16. The first-order chi connectivity index (χ1) is 14.0. The largest absolute Gasteiger partial charge is 0.325 e. The summed E-state index contributed by atoms with van der Waals surface area (Å²) in [7, 11) is 0. The number of nitrogens with zero attached hydrogens (tertiary/aromatic N) is 2. The number of aromatic nitrogens is 2. The third-order valence-electron chi connectivity index (χ3n) is 5.33. The van der Waals surface area contributed by atoms with Crippen LogP contribution in [0.25, 0.3) is 10.2 Å². The van der Waals surface area contributed by atoms with E-state index in [1.54, 1.807) is 15.9 Å². The van der Waals surface area contributed by atoms with Crippen LogP contribution in [-0.2, 0) is 24.2 Å². The van der Waals surface area contributed by atoms with Gasteiger partial charge in [0.1, 0.15) is 4.83 Å². The van der Waals surface area contributed by atoms with Crippen molar-refractivity contribution < 1.29 is 4.79 Å². The summed E-state index contributed by atoms with van der Waals surface area (Å²) in [5.74, 6) is -0.0960. The lowest BCUT2D eigenvalue weighted by atomic mass is 9.97. The molecule has 1 atom stereocenters. The Balaban J connectivity index is 1.62. The first-order valence-electron chi connectivity index (χ1n) is 10.1. The monoisotopic (exact) mass is 427 g/mol. The van der Waals surface area contributed by atoms with Gasteiger partial charge >= 0.3 is 0 Å². The number of carbonyl (C=O) groups excluding carboxylic acids is 1. The Kier molecular flexibility index (Phi) is 5.79. The van der Waals surface area contributed by atoms with E-state index in [2.05, 4.69) is 5.32 Å². The minimum Gasteiger partial charge on any atom is -0.325 e. The van der Waals surface area contributed by atoms with E-state index in [9.17, 15) is 9.59 Å². The molecular weight excluding hydrogens is 402 g/mol. The van der Waals surface area contributed by atoms with Gasteiger partial charge in [-0.2, -0.15) is 0 Å². The second-order valence-corrected chi connectivity index (χ2v) is 9.84. The van der Waals surface area contributed by atoms with Crippen molar-refractivity contribution in [2.45, 2.75) is 63.4 Å². The number of aryl methyl sites for hydroxylation is 3. The lowest BCUT2D eigenvalue weighted by Gasteiger charge is -2.15. The molecule has 152 valence electrons. The van der Waals surface area contributed by atoms with E-state index in [4.69, 9.17) is 4.98 Å². The van der Waals surface area contributed by atoms with E-state index in [0.29, 0.717) is 11.7 Å². The van der Waals surface area contributed by atoms with Gasteiger partial charge < -0.3 is 5.32 Å². The molecule has 1 aliphatic carbocycles. The second kappa shape index (κ2) is 8.32. The standard InChI is InChI=1S/C22H25N3O2S2/c1-4-25-21(27)18-16-7-5-6-8-17(16)29-20(18)24-22(25)28-14(3)19(26)23-15-11-9-13(2)10-12-15/h9-12,14H,4-8H2,1-3H3,(H,23,26). The maximum atomic E-state index is 13.2. The first-order valence-corrected chi connectivity index (χ1v) is 11.8. The summed E-state index contributed by atoms with van der Waals surface area (Å²) in [6, 6.07) is 7.73. The number of fused-ring (bicyclic) bond motifs is 3. The van der Waals surface area contributed by atoms with Crippen molar-refractivity contribution in [3.05, 3.63) is 50.6 Å². The molecule has 2 aromatic heterocycles. The Labute approximate surface area is 178 Å². The molecule has 7 heteroatoms. The molecule has 1 amide bonds. The van der Waals surface area contributed by atoms with Crippen molar-refractivity contribution in [1.82, 2.24) is 9.55 Å². The fraction of sp³-hybridized carbons (Fsp3) is 0.409. The van der Waals surface area contributed by atoms with Crippen molar-refractivity contribution in [2.75, 3.05) is 5.32 Å². The SMILES string of the molecule is CCn1c(SC(C)C(=O)Nc2ccc(C)cc2)nc2sc3c(c2c1=O)CCCC3. The molecule has 0 aliphatic heterocycles. The summed E-state index contributed by atoms with van der Waals surface area (Å²) in [5, 5.41) is 4.00. The van der Waals surface area contributed by atoms with Gasteiger partial charge in [0, 0.05) is 17.1 Å². The molecule has 2 heterocycles. The smallest absolute Gasteiger partial charge is 0.263 e. The van der Waals surface area contributed by atoms with Crippen LogP contribution < -0.4 is 10.9 Å². The molecule has 4 rings (SSSR count). The Morgan fingerprint density at radius 3 is 2.72 bits per heavy atom. The molecule has 0 radical (unpaired) electrons. The zero-order valence-corrected chi connectivity index (χ0v) is 18.6. The van der Waals surface area contributed by atoms with E-state index in [1.807, 2.05) is 45.0 Å². The number of thioether (sulfide) groups is 1. The number of hydrogen-bond acceptors (Lipinski definition) is 5. The van der Waals surface area contributed by atoms with Gasteiger partial charge in [0.2, 0.25) is 5.91 Å². The van der Waals surface area contributed by atoms with E-state index in [0.717, 1.165) is 40.7 Å². The molecule has 0 bridgehead atoms. The highest BCUT2D eigenvalue weighted by atomic mass is 32.2. The highest BCUT2D eigenvalue weighted by molar-refractivity contribution is 8.00. The third-order valence-corrected chi connectivity index (χ3v) is 7.60. The van der Waals surface area contributed by atoms with Gasteiger partial charge in [-0.3, -0.25) is 14.2 Å². The van der Waals surface area contributed by atoms with E-state index in [-0.39, 0.29) is 16.7 Å². The van der Waals surface area contributed by atoms with Gasteiger partial charge in [-0.05, 0) is 64.2 Å². The van der Waals surface area contributed by atoms with Crippen molar-refractivity contribution in [3.63, 3.8) is 0 Å². The van der Waals surface area contributed by atoms with Crippen LogP contribution in [0.4, 0.5) is 5.69 Å². The fourth-order valence-corrected chi connectivity index (χ4v) is 5.96. The van der Waals surface area contributed by atoms with Crippen LogP contribution in [0.5, 0.6) is 0 Å². The van der Waals surface area contributed by atoms with Gasteiger partial charge in [-0.1, -0.05) is 29.5 Å². The number of thiophene rings is 1. The molecule has 1 unspecified atom stereocenters. The molecule has 0 saturated heterocycles. The van der Waals surface area contributed by atoms with Crippen molar-refractivity contribution in [3.8, 4) is 0 Å². The average Bonchev–Trinajstić information content (AvgIpc) is 3.08. The molecule has 0 fully saturated rings. The molecule has 29 heavy (non-hydrogen) atoms. The minimum absolute atomic E-state index is 0.0329. The summed E-state index contributed by atoms with van der Waals surface area (Å²) in [6.07, 6.45) is 4.33. The molecule has 1 N–H and O–H groups in total. The van der Waals surface area contributed by atoms with Crippen LogP contribution in [-0.4, -0.2) is 20.7 Å². The molecular formula is C22H25N3O2S2. The van der Waals surface area contributed by atoms with Gasteiger partial charge in [0.05, 0.1) is 10.6 Å². The summed E-state index contributed by atoms with van der Waals surface area (Å²) >= 11 is 3.00. The van der Waals surface area contributed by atoms with Gasteiger partial charge in [0.15, 0.2) is 5.16 Å². The van der Waals surface area contributed by atoms with Crippen LogP contribution in [0.15, 0.2) is 34.2 Å². The van der Waals surface area contributed by atoms with Crippen LogP contribution in [0.3, 0.4) is 0 Å². The zero-order valence-electron chi connectivity index (χ0n) is 16.9. The number of rotatable bonds is 5. The Morgan fingerprint density at radius 1 is 1.28 bits per heavy atom. The highest BCUT2D eigenvalue weighted by Crippen LogP contribution is 2.35. The van der Waals surface area contributed by atoms with E-state index in [1.165, 1.54) is 28.6 Å². The number of hydrogen-bond donors (Lipinski definition) is 1. The van der Waals surface area contributed by atoms with E-state index < -0.39 is 0 Å². The van der Waals surface area contributed by atoms with Crippen molar-refractivity contribution in [2.24, 2.45) is 0 Å². The van der Waals surface area contributed by atoms with E-state index >= 15 is 0 Å². The number of benzene rings is 1. The average molecular weight is 428 g/mol. The molecule has 0 spiro atoms. The minimum atomic E-state index is -0.368. The Hall–Kier alpha value is -2.12. The predicted octanol–water partition coefficient (Wildman–Crippen LogP) is 4.78. The topological polar surface area (TPSA) is 64.0 Å². The first kappa shape index (κ1) is 20.2. The Bertz CT molecular complexity index is 1120. The normalized spacial score (nSPS) is 14.6. The quantitative estimate of drug-likeness (QED) is 0.470. The van der Waals surface area contributed by atoms with Crippen LogP contribution >= 0.6 is 23.1 Å². The van der Waals surface area contributed by atoms with Crippen molar-refractivity contribution in [1.29, 1.82) is 0 Å². The van der Waals surface area contributed by atoms with Gasteiger partial charge in [0.25, 0.3) is 5.56 Å². The number of carbonyl (C=O) groups is 1. The highest BCUT2D eigenvalue weighted by Gasteiger charge is 2.24. The molecule has 0 saturated carbocycles. The molecule has 3 aromatic rings. The van der Waals surface area contributed by atoms with Crippen LogP contribution in [0.2, 0.25) is 0 Å². The molecule has 5 nitrogen and oxygen atoms in total. The van der Waals surface area contributed by atoms with Gasteiger partial charge in [-0.25, -0.2) is 4.98 Å². The second-order valence-electron chi connectivity index (χ2n) is 7.45. The summed E-state index contributed by atoms with van der Waals surface area (Å²) in [4.78, 5) is 32.8. The zero-order chi connectivity index (χ0) is 20.5.